The molecule has 0 aliphatic carbocycles. The number of carbonyl (C=O) groups is 2. The number of furan rings is 1. The first-order chi connectivity index (χ1) is 9.38. The standard InChI is InChI=1S/C14H14BrNO4/c1-7(2)12(14(18)19)16-13(17)11-6-8-5-9(15)3-4-10(8)20-11/h3-7,12H,1-2H3,(H,16,17)(H,18,19)/t12-/m1/s1. The number of carbonyl (C=O) groups excluding carboxylic acids is 1. The molecule has 6 heteroatoms. The van der Waals surface area contributed by atoms with Crippen molar-refractivity contribution in [1.29, 1.82) is 0 Å². The van der Waals surface area contributed by atoms with Crippen LogP contribution in [0.5, 0.6) is 0 Å². The Morgan fingerprint density at radius 1 is 1.30 bits per heavy atom. The third-order valence-corrected chi connectivity index (χ3v) is 3.41. The van der Waals surface area contributed by atoms with Crippen LogP contribution in [0.25, 0.3) is 11.0 Å². The van der Waals surface area contributed by atoms with Gasteiger partial charge in [-0.15, -0.1) is 0 Å². The molecule has 0 spiro atoms. The van der Waals surface area contributed by atoms with Crippen LogP contribution < -0.4 is 5.32 Å². The van der Waals surface area contributed by atoms with E-state index in [2.05, 4.69) is 21.2 Å². The highest BCUT2D eigenvalue weighted by Gasteiger charge is 2.25. The number of aliphatic carboxylic acids is 1. The molecule has 0 saturated carbocycles. The van der Waals surface area contributed by atoms with E-state index in [1.165, 1.54) is 0 Å². The van der Waals surface area contributed by atoms with Crippen LogP contribution in [0.2, 0.25) is 0 Å². The quantitative estimate of drug-likeness (QED) is 0.897. The predicted molar refractivity (Wildman–Crippen MR) is 77.6 cm³/mol. The maximum absolute atomic E-state index is 12.0. The lowest BCUT2D eigenvalue weighted by Crippen LogP contribution is -2.44. The second kappa shape index (κ2) is 5.66. The number of rotatable bonds is 4. The number of hydrogen-bond donors (Lipinski definition) is 2. The summed E-state index contributed by atoms with van der Waals surface area (Å²) in [5.74, 6) is -1.70. The van der Waals surface area contributed by atoms with Gasteiger partial charge >= 0.3 is 5.97 Å². The van der Waals surface area contributed by atoms with Crippen molar-refractivity contribution in [2.75, 3.05) is 0 Å². The Labute approximate surface area is 124 Å². The van der Waals surface area contributed by atoms with Gasteiger partial charge in [0.25, 0.3) is 5.91 Å². The molecule has 0 aliphatic rings. The molecule has 0 bridgehead atoms. The Morgan fingerprint density at radius 3 is 2.60 bits per heavy atom. The summed E-state index contributed by atoms with van der Waals surface area (Å²) in [6.07, 6.45) is 0. The average Bonchev–Trinajstić information content (AvgIpc) is 2.77. The van der Waals surface area contributed by atoms with Crippen LogP contribution in [-0.4, -0.2) is 23.0 Å². The summed E-state index contributed by atoms with van der Waals surface area (Å²) >= 11 is 3.34. The summed E-state index contributed by atoms with van der Waals surface area (Å²) in [5, 5.41) is 12.3. The van der Waals surface area contributed by atoms with Gasteiger partial charge in [-0.25, -0.2) is 4.79 Å². The van der Waals surface area contributed by atoms with Crippen molar-refractivity contribution in [3.8, 4) is 0 Å². The van der Waals surface area contributed by atoms with E-state index < -0.39 is 17.9 Å². The summed E-state index contributed by atoms with van der Waals surface area (Å²) in [6, 6.07) is 6.03. The van der Waals surface area contributed by atoms with Gasteiger partial charge in [0.1, 0.15) is 11.6 Å². The first-order valence-electron chi connectivity index (χ1n) is 6.11. The fourth-order valence-corrected chi connectivity index (χ4v) is 2.23. The fourth-order valence-electron chi connectivity index (χ4n) is 1.85. The first kappa shape index (κ1) is 14.6. The van der Waals surface area contributed by atoms with Gasteiger partial charge < -0.3 is 14.8 Å². The minimum atomic E-state index is -1.06. The van der Waals surface area contributed by atoms with Crippen molar-refractivity contribution < 1.29 is 19.1 Å². The van der Waals surface area contributed by atoms with Gasteiger partial charge in [-0.3, -0.25) is 4.79 Å². The van der Waals surface area contributed by atoms with E-state index in [1.807, 2.05) is 12.1 Å². The van der Waals surface area contributed by atoms with Crippen LogP contribution >= 0.6 is 15.9 Å². The molecule has 1 amide bonds. The highest BCUT2D eigenvalue weighted by molar-refractivity contribution is 9.10. The second-order valence-electron chi connectivity index (χ2n) is 4.83. The van der Waals surface area contributed by atoms with Crippen LogP contribution in [0.4, 0.5) is 0 Å². The number of benzene rings is 1. The van der Waals surface area contributed by atoms with Gasteiger partial charge in [-0.2, -0.15) is 0 Å². The zero-order chi connectivity index (χ0) is 14.9. The normalized spacial score (nSPS) is 12.6. The highest BCUT2D eigenvalue weighted by atomic mass is 79.9. The molecule has 1 heterocycles. The monoisotopic (exact) mass is 339 g/mol. The molecule has 106 valence electrons. The van der Waals surface area contributed by atoms with Crippen LogP contribution in [-0.2, 0) is 4.79 Å². The summed E-state index contributed by atoms with van der Waals surface area (Å²) in [4.78, 5) is 23.1. The van der Waals surface area contributed by atoms with E-state index >= 15 is 0 Å². The van der Waals surface area contributed by atoms with E-state index in [9.17, 15) is 9.59 Å². The number of halogens is 1. The molecule has 1 aromatic heterocycles. The summed E-state index contributed by atoms with van der Waals surface area (Å²) in [5.41, 5.74) is 0.578. The molecule has 1 aromatic carbocycles. The summed E-state index contributed by atoms with van der Waals surface area (Å²) in [7, 11) is 0. The van der Waals surface area contributed by atoms with Crippen LogP contribution in [0.1, 0.15) is 24.4 Å². The number of amides is 1. The Kier molecular flexibility index (Phi) is 4.13. The van der Waals surface area contributed by atoms with Crippen molar-refractivity contribution in [1.82, 2.24) is 5.32 Å². The Bertz CT molecular complexity index is 662. The average molecular weight is 340 g/mol. The van der Waals surface area contributed by atoms with Gasteiger partial charge in [0, 0.05) is 9.86 Å². The lowest BCUT2D eigenvalue weighted by Gasteiger charge is -2.16. The lowest BCUT2D eigenvalue weighted by molar-refractivity contribution is -0.140. The van der Waals surface area contributed by atoms with Gasteiger partial charge in [0.2, 0.25) is 0 Å². The fraction of sp³-hybridized carbons (Fsp3) is 0.286. The SMILES string of the molecule is CC(C)[C@@H](NC(=O)c1cc2cc(Br)ccc2o1)C(=O)O. The van der Waals surface area contributed by atoms with Crippen molar-refractivity contribution in [2.45, 2.75) is 19.9 Å². The number of hydrogen-bond acceptors (Lipinski definition) is 3. The van der Waals surface area contributed by atoms with Crippen LogP contribution in [0.3, 0.4) is 0 Å². The molecular weight excluding hydrogens is 326 g/mol. The Balaban J connectivity index is 2.25. The minimum absolute atomic E-state index is 0.102. The molecule has 0 saturated heterocycles. The summed E-state index contributed by atoms with van der Waals surface area (Å²) in [6.45, 7) is 3.46. The topological polar surface area (TPSA) is 79.5 Å². The number of fused-ring (bicyclic) bond motifs is 1. The zero-order valence-electron chi connectivity index (χ0n) is 11.0. The van der Waals surface area contributed by atoms with E-state index in [0.29, 0.717) is 5.58 Å². The Hall–Kier alpha value is -1.82. The molecule has 2 rings (SSSR count). The van der Waals surface area contributed by atoms with Crippen LogP contribution in [0.15, 0.2) is 33.2 Å². The molecule has 0 aliphatic heterocycles. The maximum atomic E-state index is 12.0. The lowest BCUT2D eigenvalue weighted by atomic mass is 10.0. The van der Waals surface area contributed by atoms with Crippen molar-refractivity contribution in [3.63, 3.8) is 0 Å². The minimum Gasteiger partial charge on any atom is -0.480 e. The molecule has 2 aromatic rings. The Morgan fingerprint density at radius 2 is 2.00 bits per heavy atom. The zero-order valence-corrected chi connectivity index (χ0v) is 12.6. The number of carboxylic acids is 1. The summed E-state index contributed by atoms with van der Waals surface area (Å²) < 4.78 is 6.30. The smallest absolute Gasteiger partial charge is 0.326 e. The molecule has 5 nitrogen and oxygen atoms in total. The van der Waals surface area contributed by atoms with Gasteiger partial charge in [-0.05, 0) is 30.2 Å². The number of carboxylic acid groups (broad SMARTS) is 1. The molecule has 20 heavy (non-hydrogen) atoms. The number of nitrogens with one attached hydrogen (secondary N) is 1. The predicted octanol–water partition coefficient (Wildman–Crippen LogP) is 3.03. The third kappa shape index (κ3) is 3.01. The maximum Gasteiger partial charge on any atom is 0.326 e. The molecule has 1 atom stereocenters. The van der Waals surface area contributed by atoms with Crippen molar-refractivity contribution in [3.05, 3.63) is 34.5 Å². The molecule has 0 unspecified atom stereocenters. The van der Waals surface area contributed by atoms with Gasteiger partial charge in [-0.1, -0.05) is 29.8 Å². The van der Waals surface area contributed by atoms with Crippen molar-refractivity contribution in [2.24, 2.45) is 5.92 Å². The molecule has 0 radical (unpaired) electrons. The first-order valence-corrected chi connectivity index (χ1v) is 6.90. The van der Waals surface area contributed by atoms with E-state index in [-0.39, 0.29) is 11.7 Å². The van der Waals surface area contributed by atoms with E-state index in [4.69, 9.17) is 9.52 Å². The molecule has 0 fully saturated rings. The van der Waals surface area contributed by atoms with E-state index in [1.54, 1.807) is 26.0 Å². The largest absolute Gasteiger partial charge is 0.480 e. The molecular formula is C14H14BrNO4. The highest BCUT2D eigenvalue weighted by Crippen LogP contribution is 2.23. The third-order valence-electron chi connectivity index (χ3n) is 2.92. The van der Waals surface area contributed by atoms with Crippen molar-refractivity contribution >= 4 is 38.8 Å². The van der Waals surface area contributed by atoms with Gasteiger partial charge in [0.15, 0.2) is 5.76 Å². The van der Waals surface area contributed by atoms with E-state index in [0.717, 1.165) is 9.86 Å². The van der Waals surface area contributed by atoms with Gasteiger partial charge in [0.05, 0.1) is 0 Å². The molecule has 2 N–H and O–H groups in total. The second-order valence-corrected chi connectivity index (χ2v) is 5.74. The van der Waals surface area contributed by atoms with Crippen LogP contribution in [0, 0.1) is 5.92 Å².